The molecule has 208 valence electrons. The van der Waals surface area contributed by atoms with Crippen LogP contribution in [-0.2, 0) is 26.2 Å². The van der Waals surface area contributed by atoms with Gasteiger partial charge in [0.25, 0.3) is 10.0 Å². The van der Waals surface area contributed by atoms with Gasteiger partial charge in [-0.2, -0.15) is 0 Å². The number of halogens is 3. The average molecular weight is 655 g/mol. The van der Waals surface area contributed by atoms with E-state index in [0.29, 0.717) is 6.54 Å². The summed E-state index contributed by atoms with van der Waals surface area (Å²) in [5.74, 6) is -0.713. The molecule has 0 heterocycles. The number of amides is 2. The number of sulfonamides is 1. The molecule has 0 aromatic heterocycles. The van der Waals surface area contributed by atoms with Gasteiger partial charge in [-0.15, -0.1) is 0 Å². The Labute approximate surface area is 248 Å². The molecular weight excluding hydrogens is 625 g/mol. The lowest BCUT2D eigenvalue weighted by Gasteiger charge is -2.32. The van der Waals surface area contributed by atoms with Gasteiger partial charge in [0, 0.05) is 22.6 Å². The van der Waals surface area contributed by atoms with Crippen LogP contribution in [0.4, 0.5) is 5.69 Å². The highest BCUT2D eigenvalue weighted by molar-refractivity contribution is 9.10. The Hall–Kier alpha value is -2.59. The highest BCUT2D eigenvalue weighted by atomic mass is 79.9. The van der Waals surface area contributed by atoms with Crippen LogP contribution >= 0.6 is 39.1 Å². The van der Waals surface area contributed by atoms with Crippen LogP contribution in [0, 0.1) is 5.92 Å². The maximum atomic E-state index is 13.9. The lowest BCUT2D eigenvalue weighted by Crippen LogP contribution is -2.51. The molecule has 1 atom stereocenters. The predicted molar refractivity (Wildman–Crippen MR) is 159 cm³/mol. The van der Waals surface area contributed by atoms with E-state index in [4.69, 9.17) is 23.2 Å². The summed E-state index contributed by atoms with van der Waals surface area (Å²) < 4.78 is 29.4. The number of carbonyl (C=O) groups excluding carboxylic acids is 2. The monoisotopic (exact) mass is 653 g/mol. The summed E-state index contributed by atoms with van der Waals surface area (Å²) in [5.41, 5.74) is 0.820. The zero-order valence-electron chi connectivity index (χ0n) is 21.8. The van der Waals surface area contributed by atoms with E-state index in [1.54, 1.807) is 25.1 Å². The number of nitrogens with zero attached hydrogens (tertiary/aromatic N) is 2. The van der Waals surface area contributed by atoms with Crippen LogP contribution < -0.4 is 9.62 Å². The SMILES string of the molecule is CC(C)CNC(=O)[C@@H](C)N(Cc1cccc(Br)c1)C(=O)CN(c1cc(Cl)ccc1Cl)S(=O)(=O)c1ccccc1. The fraction of sp³-hybridized carbons (Fsp3) is 0.286. The molecule has 0 aliphatic heterocycles. The second-order valence-electron chi connectivity index (χ2n) is 9.39. The summed E-state index contributed by atoms with van der Waals surface area (Å²) >= 11 is 16.1. The molecule has 0 spiro atoms. The molecule has 2 amide bonds. The molecule has 0 saturated heterocycles. The average Bonchev–Trinajstić information content (AvgIpc) is 2.90. The molecule has 0 unspecified atom stereocenters. The molecule has 0 aliphatic carbocycles. The van der Waals surface area contributed by atoms with E-state index < -0.39 is 28.5 Å². The Balaban J connectivity index is 2.04. The summed E-state index contributed by atoms with van der Waals surface area (Å²) in [6, 6.07) is 18.6. The van der Waals surface area contributed by atoms with Gasteiger partial charge in [0.15, 0.2) is 0 Å². The van der Waals surface area contributed by atoms with Gasteiger partial charge in [0.1, 0.15) is 12.6 Å². The van der Waals surface area contributed by atoms with Crippen molar-refractivity contribution >= 4 is 66.7 Å². The molecule has 0 saturated carbocycles. The molecule has 0 fully saturated rings. The first-order chi connectivity index (χ1) is 18.4. The largest absolute Gasteiger partial charge is 0.354 e. The van der Waals surface area contributed by atoms with E-state index >= 15 is 0 Å². The van der Waals surface area contributed by atoms with Crippen molar-refractivity contribution in [2.45, 2.75) is 38.3 Å². The second kappa shape index (κ2) is 13.7. The summed E-state index contributed by atoms with van der Waals surface area (Å²) in [4.78, 5) is 28.3. The molecule has 0 bridgehead atoms. The van der Waals surface area contributed by atoms with Crippen molar-refractivity contribution in [1.82, 2.24) is 10.2 Å². The Morgan fingerprint density at radius 1 is 0.949 bits per heavy atom. The van der Waals surface area contributed by atoms with Crippen molar-refractivity contribution in [3.8, 4) is 0 Å². The number of hydrogen-bond donors (Lipinski definition) is 1. The van der Waals surface area contributed by atoms with Crippen molar-refractivity contribution in [2.75, 3.05) is 17.4 Å². The van der Waals surface area contributed by atoms with E-state index in [9.17, 15) is 18.0 Å². The first kappa shape index (κ1) is 30.9. The highest BCUT2D eigenvalue weighted by Crippen LogP contribution is 2.33. The standard InChI is InChI=1S/C28H30BrCl2N3O4S/c1-19(2)16-32-28(36)20(3)33(17-21-8-7-9-22(29)14-21)27(35)18-34(26-15-23(30)12-13-25(26)31)39(37,38)24-10-5-4-6-11-24/h4-15,19-20H,16-18H2,1-3H3,(H,32,36)/t20-/m1/s1. The zero-order chi connectivity index (χ0) is 28.7. The molecule has 1 N–H and O–H groups in total. The molecule has 11 heteroatoms. The van der Waals surface area contributed by atoms with Gasteiger partial charge in [-0.25, -0.2) is 8.42 Å². The number of benzene rings is 3. The zero-order valence-corrected chi connectivity index (χ0v) is 25.7. The maximum absolute atomic E-state index is 13.9. The number of anilines is 1. The second-order valence-corrected chi connectivity index (χ2v) is 13.0. The van der Waals surface area contributed by atoms with Gasteiger partial charge < -0.3 is 10.2 Å². The fourth-order valence-corrected chi connectivity index (χ4v) is 6.11. The van der Waals surface area contributed by atoms with Gasteiger partial charge >= 0.3 is 0 Å². The minimum atomic E-state index is -4.23. The van der Waals surface area contributed by atoms with Gasteiger partial charge in [0.05, 0.1) is 15.6 Å². The van der Waals surface area contributed by atoms with E-state index in [1.165, 1.54) is 35.2 Å². The van der Waals surface area contributed by atoms with Crippen LogP contribution in [-0.4, -0.2) is 44.3 Å². The van der Waals surface area contributed by atoms with Crippen molar-refractivity contribution in [1.29, 1.82) is 0 Å². The van der Waals surface area contributed by atoms with Crippen molar-refractivity contribution in [3.63, 3.8) is 0 Å². The molecule has 3 aromatic rings. The third-order valence-electron chi connectivity index (χ3n) is 5.88. The predicted octanol–water partition coefficient (Wildman–Crippen LogP) is 6.14. The van der Waals surface area contributed by atoms with Gasteiger partial charge in [0.2, 0.25) is 11.8 Å². The number of nitrogens with one attached hydrogen (secondary N) is 1. The quantitative estimate of drug-likeness (QED) is 0.269. The van der Waals surface area contributed by atoms with E-state index in [-0.39, 0.29) is 39.0 Å². The number of carbonyl (C=O) groups is 2. The third kappa shape index (κ3) is 8.20. The van der Waals surface area contributed by atoms with Crippen LogP contribution in [0.5, 0.6) is 0 Å². The van der Waals surface area contributed by atoms with E-state index in [2.05, 4.69) is 21.2 Å². The Morgan fingerprint density at radius 2 is 1.64 bits per heavy atom. The van der Waals surface area contributed by atoms with Crippen molar-refractivity contribution in [3.05, 3.63) is 92.9 Å². The summed E-state index contributed by atoms with van der Waals surface area (Å²) in [7, 11) is -4.23. The van der Waals surface area contributed by atoms with Crippen LogP contribution in [0.1, 0.15) is 26.3 Å². The normalized spacial score (nSPS) is 12.2. The Bertz CT molecular complexity index is 1420. The van der Waals surface area contributed by atoms with Gasteiger partial charge in [-0.3, -0.25) is 13.9 Å². The lowest BCUT2D eigenvalue weighted by molar-refractivity contribution is -0.139. The van der Waals surface area contributed by atoms with E-state index in [0.717, 1.165) is 14.3 Å². The van der Waals surface area contributed by atoms with Crippen molar-refractivity contribution in [2.24, 2.45) is 5.92 Å². The smallest absolute Gasteiger partial charge is 0.264 e. The molecular formula is C28H30BrCl2N3O4S. The summed E-state index contributed by atoms with van der Waals surface area (Å²) in [6.07, 6.45) is 0. The number of hydrogen-bond acceptors (Lipinski definition) is 4. The molecule has 3 aromatic carbocycles. The van der Waals surface area contributed by atoms with Crippen LogP contribution in [0.3, 0.4) is 0 Å². The van der Waals surface area contributed by atoms with Gasteiger partial charge in [-0.05, 0) is 60.9 Å². The van der Waals surface area contributed by atoms with E-state index in [1.807, 2.05) is 38.1 Å². The molecule has 7 nitrogen and oxygen atoms in total. The molecule has 3 rings (SSSR count). The first-order valence-corrected chi connectivity index (χ1v) is 15.2. The Morgan fingerprint density at radius 3 is 2.28 bits per heavy atom. The highest BCUT2D eigenvalue weighted by Gasteiger charge is 2.33. The van der Waals surface area contributed by atoms with Gasteiger partial charge in [-0.1, -0.05) is 83.3 Å². The Kier molecular flexibility index (Phi) is 10.8. The first-order valence-electron chi connectivity index (χ1n) is 12.2. The minimum Gasteiger partial charge on any atom is -0.354 e. The molecule has 0 radical (unpaired) electrons. The summed E-state index contributed by atoms with van der Waals surface area (Å²) in [6.45, 7) is 5.47. The third-order valence-corrected chi connectivity index (χ3v) is 8.70. The summed E-state index contributed by atoms with van der Waals surface area (Å²) in [5, 5.41) is 3.22. The molecule has 39 heavy (non-hydrogen) atoms. The topological polar surface area (TPSA) is 86.8 Å². The maximum Gasteiger partial charge on any atom is 0.264 e. The fourth-order valence-electron chi connectivity index (χ4n) is 3.78. The van der Waals surface area contributed by atoms with Crippen molar-refractivity contribution < 1.29 is 18.0 Å². The van der Waals surface area contributed by atoms with Crippen LogP contribution in [0.25, 0.3) is 0 Å². The molecule has 0 aliphatic rings. The number of rotatable bonds is 11. The van der Waals surface area contributed by atoms with Crippen LogP contribution in [0.15, 0.2) is 82.2 Å². The lowest BCUT2D eigenvalue weighted by atomic mass is 10.1. The minimum absolute atomic E-state index is 0.0184. The van der Waals surface area contributed by atoms with Crippen LogP contribution in [0.2, 0.25) is 10.0 Å².